The molecule has 6 heteroatoms. The van der Waals surface area contributed by atoms with Gasteiger partial charge in [0.05, 0.1) is 12.1 Å². The van der Waals surface area contributed by atoms with Crippen LogP contribution in [0, 0.1) is 0 Å². The van der Waals surface area contributed by atoms with Crippen molar-refractivity contribution in [3.8, 4) is 10.6 Å². The molecule has 1 aliphatic carbocycles. The van der Waals surface area contributed by atoms with E-state index >= 15 is 0 Å². The van der Waals surface area contributed by atoms with E-state index in [0.29, 0.717) is 6.54 Å². The Bertz CT molecular complexity index is 1340. The van der Waals surface area contributed by atoms with E-state index in [9.17, 15) is 4.79 Å². The van der Waals surface area contributed by atoms with Crippen molar-refractivity contribution < 1.29 is 9.90 Å². The number of carboxylic acids is 1. The van der Waals surface area contributed by atoms with Gasteiger partial charge in [0.25, 0.3) is 0 Å². The van der Waals surface area contributed by atoms with Crippen molar-refractivity contribution in [1.82, 2.24) is 14.9 Å². The highest BCUT2D eigenvalue weighted by molar-refractivity contribution is 7.21. The van der Waals surface area contributed by atoms with Gasteiger partial charge in [-0.1, -0.05) is 53.8 Å². The predicted molar refractivity (Wildman–Crippen MR) is 131 cm³/mol. The molecule has 0 unspecified atom stereocenters. The van der Waals surface area contributed by atoms with E-state index < -0.39 is 5.97 Å². The van der Waals surface area contributed by atoms with E-state index in [-0.39, 0.29) is 11.8 Å². The number of nitrogens with zero attached hydrogens (tertiary/aromatic N) is 3. The maximum atomic E-state index is 10.9. The number of thiazole rings is 1. The number of pyridine rings is 1. The average molecular weight is 456 g/mol. The molecule has 1 aliphatic heterocycles. The summed E-state index contributed by atoms with van der Waals surface area (Å²) in [4.78, 5) is 24.1. The van der Waals surface area contributed by atoms with E-state index in [0.717, 1.165) is 59.0 Å². The first-order valence-electron chi connectivity index (χ1n) is 11.5. The van der Waals surface area contributed by atoms with Gasteiger partial charge in [-0.2, -0.15) is 0 Å². The Morgan fingerprint density at radius 3 is 2.67 bits per heavy atom. The lowest BCUT2D eigenvalue weighted by atomic mass is 9.92. The number of aromatic nitrogens is 2. The number of carboxylic acid groups (broad SMARTS) is 1. The molecule has 0 spiro atoms. The van der Waals surface area contributed by atoms with E-state index in [4.69, 9.17) is 15.1 Å². The van der Waals surface area contributed by atoms with Gasteiger partial charge in [-0.05, 0) is 54.2 Å². The monoisotopic (exact) mass is 455 g/mol. The fourth-order valence-corrected chi connectivity index (χ4v) is 5.91. The van der Waals surface area contributed by atoms with Crippen LogP contribution in [0.25, 0.3) is 20.9 Å². The molecule has 3 heterocycles. The number of hydrogen-bond donors (Lipinski definition) is 1. The van der Waals surface area contributed by atoms with Crippen LogP contribution in [0.1, 0.15) is 41.6 Å². The maximum Gasteiger partial charge on any atom is 0.304 e. The molecule has 2 aromatic carbocycles. The number of hydrogen-bond acceptors (Lipinski definition) is 5. The van der Waals surface area contributed by atoms with Crippen molar-refractivity contribution in [2.45, 2.75) is 37.6 Å². The van der Waals surface area contributed by atoms with Crippen LogP contribution in [-0.2, 0) is 23.2 Å². The Balaban J connectivity index is 1.27. The third-order valence-electron chi connectivity index (χ3n) is 7.01. The smallest absolute Gasteiger partial charge is 0.304 e. The average Bonchev–Trinajstić information content (AvgIpc) is 3.55. The zero-order valence-electron chi connectivity index (χ0n) is 18.3. The van der Waals surface area contributed by atoms with Gasteiger partial charge in [0.15, 0.2) is 0 Å². The summed E-state index contributed by atoms with van der Waals surface area (Å²) in [7, 11) is 0. The Hall–Kier alpha value is -3.09. The van der Waals surface area contributed by atoms with Crippen molar-refractivity contribution in [1.29, 1.82) is 0 Å². The third-order valence-corrected chi connectivity index (χ3v) is 8.02. The van der Waals surface area contributed by atoms with E-state index in [2.05, 4.69) is 65.6 Å². The number of carbonyl (C=O) groups is 1. The van der Waals surface area contributed by atoms with E-state index in [1.54, 1.807) is 11.3 Å². The molecule has 1 N–H and O–H groups in total. The Labute approximate surface area is 196 Å². The van der Waals surface area contributed by atoms with Gasteiger partial charge in [0, 0.05) is 30.6 Å². The zero-order valence-corrected chi connectivity index (χ0v) is 19.1. The number of fused-ring (bicyclic) bond motifs is 2. The van der Waals surface area contributed by atoms with Gasteiger partial charge >= 0.3 is 5.97 Å². The quantitative estimate of drug-likeness (QED) is 0.429. The zero-order chi connectivity index (χ0) is 22.4. The lowest BCUT2D eigenvalue weighted by Gasteiger charge is -2.28. The molecule has 0 bridgehead atoms. The topological polar surface area (TPSA) is 66.3 Å². The van der Waals surface area contributed by atoms with Gasteiger partial charge in [0.2, 0.25) is 0 Å². The SMILES string of the molecule is O=C(O)CCN1CCc2cc(-c3nc4ccc(C5(c6ccccc6)CC5)nc4s3)ccc2C1. The van der Waals surface area contributed by atoms with Crippen molar-refractivity contribution in [3.05, 3.63) is 83.0 Å². The van der Waals surface area contributed by atoms with Gasteiger partial charge in [-0.25, -0.2) is 9.97 Å². The Morgan fingerprint density at radius 2 is 1.88 bits per heavy atom. The minimum atomic E-state index is -0.736. The van der Waals surface area contributed by atoms with Crippen LogP contribution in [0.4, 0.5) is 0 Å². The lowest BCUT2D eigenvalue weighted by Crippen LogP contribution is -2.32. The van der Waals surface area contributed by atoms with Crippen LogP contribution < -0.4 is 0 Å². The molecule has 6 rings (SSSR count). The summed E-state index contributed by atoms with van der Waals surface area (Å²) >= 11 is 1.67. The second kappa shape index (κ2) is 8.04. The normalized spacial score (nSPS) is 17.1. The molecule has 0 radical (unpaired) electrons. The molecule has 1 saturated carbocycles. The molecule has 4 aromatic rings. The lowest BCUT2D eigenvalue weighted by molar-refractivity contribution is -0.137. The molecule has 0 saturated heterocycles. The molecule has 166 valence electrons. The fourth-order valence-electron chi connectivity index (χ4n) is 4.97. The molecule has 0 amide bonds. The first kappa shape index (κ1) is 20.5. The molecule has 1 fully saturated rings. The van der Waals surface area contributed by atoms with Gasteiger partial charge in [-0.15, -0.1) is 0 Å². The summed E-state index contributed by atoms with van der Waals surface area (Å²) in [6.07, 6.45) is 3.43. The van der Waals surface area contributed by atoms with Crippen LogP contribution in [0.2, 0.25) is 0 Å². The fraction of sp³-hybridized carbons (Fsp3) is 0.296. The summed E-state index contributed by atoms with van der Waals surface area (Å²) in [5.41, 5.74) is 7.31. The van der Waals surface area contributed by atoms with Gasteiger partial charge < -0.3 is 5.11 Å². The molecule has 0 atom stereocenters. The molecule has 2 aliphatic rings. The van der Waals surface area contributed by atoms with Crippen molar-refractivity contribution in [2.75, 3.05) is 13.1 Å². The molecule has 5 nitrogen and oxygen atoms in total. The molecule has 2 aromatic heterocycles. The van der Waals surface area contributed by atoms with Crippen molar-refractivity contribution >= 4 is 27.7 Å². The van der Waals surface area contributed by atoms with E-state index in [1.165, 1.54) is 16.7 Å². The second-order valence-corrected chi connectivity index (χ2v) is 10.1. The minimum absolute atomic E-state index is 0.0674. The molecule has 33 heavy (non-hydrogen) atoms. The Morgan fingerprint density at radius 1 is 1.03 bits per heavy atom. The highest BCUT2D eigenvalue weighted by Crippen LogP contribution is 2.53. The highest BCUT2D eigenvalue weighted by atomic mass is 32.1. The summed E-state index contributed by atoms with van der Waals surface area (Å²) in [6.45, 7) is 2.32. The summed E-state index contributed by atoms with van der Waals surface area (Å²) in [6, 6.07) is 21.6. The molecular weight excluding hydrogens is 430 g/mol. The van der Waals surface area contributed by atoms with Crippen molar-refractivity contribution in [3.63, 3.8) is 0 Å². The first-order chi connectivity index (χ1) is 16.1. The van der Waals surface area contributed by atoms with E-state index in [1.807, 2.05) is 0 Å². The van der Waals surface area contributed by atoms with Crippen LogP contribution in [0.15, 0.2) is 60.7 Å². The summed E-state index contributed by atoms with van der Waals surface area (Å²) in [5.74, 6) is -0.736. The van der Waals surface area contributed by atoms with Gasteiger partial charge in [0.1, 0.15) is 15.4 Å². The minimum Gasteiger partial charge on any atom is -0.481 e. The van der Waals surface area contributed by atoms with Crippen LogP contribution in [-0.4, -0.2) is 39.0 Å². The number of benzene rings is 2. The molecular formula is C27H25N3O2S. The van der Waals surface area contributed by atoms with Crippen molar-refractivity contribution in [2.24, 2.45) is 0 Å². The largest absolute Gasteiger partial charge is 0.481 e. The second-order valence-electron chi connectivity index (χ2n) is 9.14. The Kier molecular flexibility index (Phi) is 5.00. The third kappa shape index (κ3) is 3.83. The standard InChI is InChI=1S/C27H25N3O2S/c31-24(32)11-15-30-14-10-18-16-19(6-7-20(18)17-30)25-28-22-8-9-23(29-26(22)33-25)27(12-13-27)21-4-2-1-3-5-21/h1-9,16H,10-15,17H2,(H,31,32). The van der Waals surface area contributed by atoms with Gasteiger partial charge in [-0.3, -0.25) is 9.69 Å². The van der Waals surface area contributed by atoms with Crippen LogP contribution >= 0.6 is 11.3 Å². The highest BCUT2D eigenvalue weighted by Gasteiger charge is 2.47. The predicted octanol–water partition coefficient (Wildman–Crippen LogP) is 5.27. The van der Waals surface area contributed by atoms with Crippen LogP contribution in [0.5, 0.6) is 0 Å². The number of rotatable bonds is 6. The van der Waals surface area contributed by atoms with Crippen LogP contribution in [0.3, 0.4) is 0 Å². The summed E-state index contributed by atoms with van der Waals surface area (Å²) in [5, 5.41) is 9.96. The first-order valence-corrected chi connectivity index (χ1v) is 12.3. The maximum absolute atomic E-state index is 10.9. The number of aliphatic carboxylic acids is 1. The summed E-state index contributed by atoms with van der Waals surface area (Å²) < 4.78 is 0.